The molecule has 1 unspecified atom stereocenters. The Morgan fingerprint density at radius 2 is 1.69 bits per heavy atom. The number of amides is 1. The van der Waals surface area contributed by atoms with Gasteiger partial charge in [0.25, 0.3) is 5.91 Å². The molecule has 1 aromatic rings. The predicted molar refractivity (Wildman–Crippen MR) is 120 cm³/mol. The van der Waals surface area contributed by atoms with Gasteiger partial charge >= 0.3 is 5.97 Å². The van der Waals surface area contributed by atoms with Crippen LogP contribution in [0, 0.1) is 5.92 Å². The fourth-order valence-electron chi connectivity index (χ4n) is 4.24. The van der Waals surface area contributed by atoms with Gasteiger partial charge in [0, 0.05) is 19.1 Å². The average molecular weight is 467 g/mol. The zero-order valence-corrected chi connectivity index (χ0v) is 19.7. The van der Waals surface area contributed by atoms with Crippen molar-refractivity contribution in [1.29, 1.82) is 0 Å². The van der Waals surface area contributed by atoms with Crippen molar-refractivity contribution in [1.82, 2.24) is 9.62 Å². The van der Waals surface area contributed by atoms with Crippen LogP contribution < -0.4 is 10.1 Å². The van der Waals surface area contributed by atoms with E-state index in [1.807, 2.05) is 6.92 Å². The third-order valence-corrected chi connectivity index (χ3v) is 8.09. The van der Waals surface area contributed by atoms with Gasteiger partial charge in [0.1, 0.15) is 5.75 Å². The monoisotopic (exact) mass is 466 g/mol. The highest BCUT2D eigenvalue weighted by Crippen LogP contribution is 2.26. The minimum atomic E-state index is -3.63. The Bertz CT molecular complexity index is 872. The highest BCUT2D eigenvalue weighted by Gasteiger charge is 2.34. The second-order valence-electron chi connectivity index (χ2n) is 8.51. The van der Waals surface area contributed by atoms with Gasteiger partial charge in [0.15, 0.2) is 6.10 Å². The van der Waals surface area contributed by atoms with Crippen LogP contribution in [-0.4, -0.2) is 56.4 Å². The number of hydrogen-bond donors (Lipinski definition) is 1. The highest BCUT2D eigenvalue weighted by molar-refractivity contribution is 7.89. The average Bonchev–Trinajstić information content (AvgIpc) is 2.80. The molecule has 1 aromatic carbocycles. The topological polar surface area (TPSA) is 102 Å². The summed E-state index contributed by atoms with van der Waals surface area (Å²) < 4.78 is 38.0. The van der Waals surface area contributed by atoms with E-state index >= 15 is 0 Å². The van der Waals surface area contributed by atoms with Crippen LogP contribution in [0.3, 0.4) is 0 Å². The lowest BCUT2D eigenvalue weighted by molar-refractivity contribution is -0.160. The SMILES string of the molecule is CCOc1ccc(S(=O)(=O)N2CCC(C(=O)OC(C)C(=O)NC3CCCCC3)CC2)cc1. The Morgan fingerprint density at radius 1 is 1.06 bits per heavy atom. The maximum Gasteiger partial charge on any atom is 0.309 e. The minimum absolute atomic E-state index is 0.161. The summed E-state index contributed by atoms with van der Waals surface area (Å²) in [5.74, 6) is -0.489. The Hall–Kier alpha value is -2.13. The third kappa shape index (κ3) is 6.22. The van der Waals surface area contributed by atoms with Crippen LogP contribution >= 0.6 is 0 Å². The van der Waals surface area contributed by atoms with Gasteiger partial charge in [-0.1, -0.05) is 19.3 Å². The normalized spacial score (nSPS) is 19.8. The van der Waals surface area contributed by atoms with E-state index in [0.29, 0.717) is 25.2 Å². The maximum absolute atomic E-state index is 12.9. The number of piperidine rings is 1. The largest absolute Gasteiger partial charge is 0.494 e. The molecule has 9 heteroatoms. The molecule has 0 radical (unpaired) electrons. The van der Waals surface area contributed by atoms with Crippen LogP contribution in [0.25, 0.3) is 0 Å². The lowest BCUT2D eigenvalue weighted by Gasteiger charge is -2.31. The molecule has 0 bridgehead atoms. The van der Waals surface area contributed by atoms with E-state index in [1.54, 1.807) is 19.1 Å². The van der Waals surface area contributed by atoms with Crippen LogP contribution in [-0.2, 0) is 24.3 Å². The summed E-state index contributed by atoms with van der Waals surface area (Å²) in [6, 6.07) is 6.51. The molecule has 1 saturated heterocycles. The van der Waals surface area contributed by atoms with Crippen molar-refractivity contribution in [2.24, 2.45) is 5.92 Å². The van der Waals surface area contributed by atoms with Gasteiger partial charge in [-0.15, -0.1) is 0 Å². The van der Waals surface area contributed by atoms with Crippen molar-refractivity contribution in [2.75, 3.05) is 19.7 Å². The Labute approximate surface area is 190 Å². The van der Waals surface area contributed by atoms with Gasteiger partial charge in [-0.05, 0) is 63.8 Å². The third-order valence-electron chi connectivity index (χ3n) is 6.17. The fourth-order valence-corrected chi connectivity index (χ4v) is 5.71. The number of nitrogens with one attached hydrogen (secondary N) is 1. The van der Waals surface area contributed by atoms with E-state index in [4.69, 9.17) is 9.47 Å². The van der Waals surface area contributed by atoms with Gasteiger partial charge in [0.2, 0.25) is 10.0 Å². The molecular formula is C23H34N2O6S. The van der Waals surface area contributed by atoms with E-state index in [2.05, 4.69) is 5.32 Å². The number of carbonyl (C=O) groups is 2. The van der Waals surface area contributed by atoms with Crippen LogP contribution in [0.5, 0.6) is 5.75 Å². The lowest BCUT2D eigenvalue weighted by atomic mass is 9.95. The maximum atomic E-state index is 12.9. The number of hydrogen-bond acceptors (Lipinski definition) is 6. The van der Waals surface area contributed by atoms with Crippen LogP contribution in [0.4, 0.5) is 0 Å². The molecule has 1 N–H and O–H groups in total. The molecule has 0 spiro atoms. The van der Waals surface area contributed by atoms with Crippen molar-refractivity contribution in [3.63, 3.8) is 0 Å². The lowest BCUT2D eigenvalue weighted by Crippen LogP contribution is -2.44. The number of esters is 1. The molecule has 1 amide bonds. The summed E-state index contributed by atoms with van der Waals surface area (Å²) in [7, 11) is -3.63. The molecule has 1 aliphatic carbocycles. The zero-order chi connectivity index (χ0) is 23.1. The number of nitrogens with zero attached hydrogens (tertiary/aromatic N) is 1. The second kappa shape index (κ2) is 11.1. The number of ether oxygens (including phenoxy) is 2. The number of sulfonamides is 1. The minimum Gasteiger partial charge on any atom is -0.494 e. The van der Waals surface area contributed by atoms with Gasteiger partial charge < -0.3 is 14.8 Å². The molecule has 2 aliphatic rings. The number of rotatable bonds is 8. The van der Waals surface area contributed by atoms with E-state index in [0.717, 1.165) is 25.7 Å². The van der Waals surface area contributed by atoms with E-state index in [9.17, 15) is 18.0 Å². The molecule has 3 rings (SSSR count). The summed E-state index contributed by atoms with van der Waals surface area (Å²) in [6.45, 7) is 4.43. The van der Waals surface area contributed by atoms with Crippen molar-refractivity contribution >= 4 is 21.9 Å². The Kier molecular flexibility index (Phi) is 8.53. The quantitative estimate of drug-likeness (QED) is 0.591. The van der Waals surface area contributed by atoms with Crippen molar-refractivity contribution in [3.05, 3.63) is 24.3 Å². The first-order chi connectivity index (χ1) is 15.3. The summed E-state index contributed by atoms with van der Waals surface area (Å²) in [5.41, 5.74) is 0. The number of benzene rings is 1. The van der Waals surface area contributed by atoms with Gasteiger partial charge in [0.05, 0.1) is 17.4 Å². The fraction of sp³-hybridized carbons (Fsp3) is 0.652. The smallest absolute Gasteiger partial charge is 0.309 e. The summed E-state index contributed by atoms with van der Waals surface area (Å²) in [6.07, 6.45) is 5.23. The standard InChI is InChI=1S/C23H34N2O6S/c1-3-30-20-9-11-21(12-10-20)32(28,29)25-15-13-18(14-16-25)23(27)31-17(2)22(26)24-19-7-5-4-6-8-19/h9-12,17-19H,3-8,13-16H2,1-2H3,(H,24,26). The molecule has 1 heterocycles. The molecule has 1 atom stereocenters. The van der Waals surface area contributed by atoms with Gasteiger partial charge in [-0.25, -0.2) is 8.42 Å². The first-order valence-corrected chi connectivity index (χ1v) is 13.0. The molecule has 0 aromatic heterocycles. The zero-order valence-electron chi connectivity index (χ0n) is 18.9. The van der Waals surface area contributed by atoms with Gasteiger partial charge in [-0.2, -0.15) is 4.31 Å². The van der Waals surface area contributed by atoms with Crippen molar-refractivity contribution in [2.45, 2.75) is 75.8 Å². The molecular weight excluding hydrogens is 432 g/mol. The Morgan fingerprint density at radius 3 is 2.28 bits per heavy atom. The molecule has 1 aliphatic heterocycles. The predicted octanol–water partition coefficient (Wildman–Crippen LogP) is 2.87. The van der Waals surface area contributed by atoms with Crippen LogP contribution in [0.2, 0.25) is 0 Å². The molecule has 1 saturated carbocycles. The van der Waals surface area contributed by atoms with E-state index in [-0.39, 0.29) is 29.9 Å². The van der Waals surface area contributed by atoms with Gasteiger partial charge in [-0.3, -0.25) is 9.59 Å². The molecule has 32 heavy (non-hydrogen) atoms. The molecule has 178 valence electrons. The second-order valence-corrected chi connectivity index (χ2v) is 10.4. The first kappa shape index (κ1) is 24.5. The van der Waals surface area contributed by atoms with Crippen LogP contribution in [0.15, 0.2) is 29.2 Å². The van der Waals surface area contributed by atoms with Crippen molar-refractivity contribution < 1.29 is 27.5 Å². The van der Waals surface area contributed by atoms with E-state index in [1.165, 1.54) is 22.9 Å². The van der Waals surface area contributed by atoms with E-state index < -0.39 is 28.0 Å². The highest BCUT2D eigenvalue weighted by atomic mass is 32.2. The Balaban J connectivity index is 1.48. The summed E-state index contributed by atoms with van der Waals surface area (Å²) in [4.78, 5) is 25.1. The number of carbonyl (C=O) groups excluding carboxylic acids is 2. The summed E-state index contributed by atoms with van der Waals surface area (Å²) >= 11 is 0. The molecule has 2 fully saturated rings. The first-order valence-electron chi connectivity index (χ1n) is 11.5. The van der Waals surface area contributed by atoms with Crippen LogP contribution in [0.1, 0.15) is 58.8 Å². The van der Waals surface area contributed by atoms with Crippen molar-refractivity contribution in [3.8, 4) is 5.75 Å². The molecule has 8 nitrogen and oxygen atoms in total. The summed E-state index contributed by atoms with van der Waals surface area (Å²) in [5, 5.41) is 2.97.